The van der Waals surface area contributed by atoms with Crippen LogP contribution >= 0.6 is 0 Å². The molecule has 1 N–H and O–H groups in total. The Labute approximate surface area is 133 Å². The van der Waals surface area contributed by atoms with Crippen molar-refractivity contribution in [3.8, 4) is 0 Å². The maximum absolute atomic E-state index is 11.4. The molecular weight excluding hydrogens is 328 g/mol. The van der Waals surface area contributed by atoms with Gasteiger partial charge in [-0.3, -0.25) is 0 Å². The van der Waals surface area contributed by atoms with Gasteiger partial charge in [0.1, 0.15) is 0 Å². The van der Waals surface area contributed by atoms with Crippen LogP contribution in [0.25, 0.3) is 0 Å². The van der Waals surface area contributed by atoms with E-state index in [0.29, 0.717) is 0 Å². The van der Waals surface area contributed by atoms with Crippen LogP contribution in [0, 0.1) is 6.92 Å². The highest BCUT2D eigenvalue weighted by Crippen LogP contribution is 2.16. The Morgan fingerprint density at radius 3 is 1.62 bits per heavy atom. The summed E-state index contributed by atoms with van der Waals surface area (Å²) in [5, 5.41) is 0. The lowest BCUT2D eigenvalue weighted by Crippen LogP contribution is -2.53. The lowest BCUT2D eigenvalue weighted by molar-refractivity contribution is 0.0924. The van der Waals surface area contributed by atoms with E-state index in [2.05, 4.69) is 30.2 Å². The van der Waals surface area contributed by atoms with Gasteiger partial charge in [0.15, 0.2) is 0 Å². The van der Waals surface area contributed by atoms with Crippen molar-refractivity contribution >= 4 is 27.4 Å². The summed E-state index contributed by atoms with van der Waals surface area (Å²) in [5.41, 5.74) is 1.32. The first-order chi connectivity index (χ1) is 9.83. The molecule has 1 aromatic rings. The summed E-state index contributed by atoms with van der Waals surface area (Å²) in [7, 11) is -7.21. The molecule has 1 unspecified atom stereocenters. The van der Waals surface area contributed by atoms with E-state index in [1.165, 1.54) is 5.56 Å². The van der Waals surface area contributed by atoms with Crippen molar-refractivity contribution in [3.63, 3.8) is 0 Å². The molecule has 0 fully saturated rings. The van der Waals surface area contributed by atoms with Crippen LogP contribution in [0.5, 0.6) is 0 Å². The highest BCUT2D eigenvalue weighted by Gasteiger charge is 2.52. The molecule has 0 spiro atoms. The molecular formula is C13H24O5S2Si. The van der Waals surface area contributed by atoms with E-state index in [9.17, 15) is 8.76 Å². The average Bonchev–Trinajstić information content (AvgIpc) is 2.40. The number of hydrogen-bond donors (Lipinski definition) is 1. The van der Waals surface area contributed by atoms with Gasteiger partial charge in [0.05, 0.1) is 0 Å². The van der Waals surface area contributed by atoms with Crippen molar-refractivity contribution in [2.45, 2.75) is 27.7 Å². The summed E-state index contributed by atoms with van der Waals surface area (Å²) in [6, 6.07) is 10.3. The maximum Gasteiger partial charge on any atom is 0.634 e. The second-order valence-electron chi connectivity index (χ2n) is 3.93. The molecule has 8 heteroatoms. The summed E-state index contributed by atoms with van der Waals surface area (Å²) in [6.45, 7) is 7.88. The summed E-state index contributed by atoms with van der Waals surface area (Å²) >= 11 is 4.48. The van der Waals surface area contributed by atoms with E-state index in [0.717, 1.165) is 0 Å². The van der Waals surface area contributed by atoms with Gasteiger partial charge in [0.25, 0.3) is 0 Å². The molecule has 1 rings (SSSR count). The van der Waals surface area contributed by atoms with E-state index < -0.39 is 16.2 Å². The molecule has 21 heavy (non-hydrogen) atoms. The minimum Gasteiger partial charge on any atom is -0.363 e. The average molecular weight is 353 g/mol. The molecule has 0 aliphatic heterocycles. The smallest absolute Gasteiger partial charge is 0.363 e. The number of benzene rings is 1. The van der Waals surface area contributed by atoms with Crippen molar-refractivity contribution in [1.29, 1.82) is 0 Å². The molecule has 5 nitrogen and oxygen atoms in total. The fourth-order valence-electron chi connectivity index (χ4n) is 1.41. The molecule has 1 atom stereocenters. The van der Waals surface area contributed by atoms with Crippen molar-refractivity contribution in [3.05, 3.63) is 35.9 Å². The number of aryl methyl sites for hydroxylation is 1. The highest BCUT2D eigenvalue weighted by molar-refractivity contribution is 8.46. The van der Waals surface area contributed by atoms with Gasteiger partial charge in [-0.25, -0.2) is 4.21 Å². The highest BCUT2D eigenvalue weighted by atomic mass is 32.9. The van der Waals surface area contributed by atoms with Crippen LogP contribution in [0.1, 0.15) is 26.3 Å². The quantitative estimate of drug-likeness (QED) is 0.761. The number of rotatable bonds is 7. The van der Waals surface area contributed by atoms with E-state index in [4.69, 9.17) is 13.3 Å². The third-order valence-electron chi connectivity index (χ3n) is 2.22. The lowest BCUT2D eigenvalue weighted by atomic mass is 10.2. The third-order valence-corrected chi connectivity index (χ3v) is 9.57. The molecule has 0 saturated carbocycles. The van der Waals surface area contributed by atoms with Gasteiger partial charge >= 0.3 is 7.95 Å². The molecule has 0 aliphatic rings. The van der Waals surface area contributed by atoms with Gasteiger partial charge in [-0.05, 0) is 27.7 Å². The standard InChI is InChI=1S/C7H8.C6H16O5S2Si/c1-7-5-3-2-4-6-7;1-4-9-14(10-5-2,11-6-3)13(7,8)12/h2-6H,1H3;4-6H2,1-3H3,(H,7,8,12). The first-order valence-electron chi connectivity index (χ1n) is 6.73. The van der Waals surface area contributed by atoms with E-state index >= 15 is 0 Å². The zero-order chi connectivity index (χ0) is 16.4. The van der Waals surface area contributed by atoms with Crippen molar-refractivity contribution in [2.24, 2.45) is 0 Å². The minimum absolute atomic E-state index is 0.237. The van der Waals surface area contributed by atoms with Gasteiger partial charge in [-0.15, -0.1) is 0 Å². The van der Waals surface area contributed by atoms with Crippen LogP contribution in [-0.4, -0.2) is 36.5 Å². The van der Waals surface area contributed by atoms with Crippen molar-refractivity contribution < 1.29 is 22.0 Å². The summed E-state index contributed by atoms with van der Waals surface area (Å²) < 4.78 is 36.2. The van der Waals surface area contributed by atoms with E-state index in [1.54, 1.807) is 20.8 Å². The predicted octanol–water partition coefficient (Wildman–Crippen LogP) is 2.75. The summed E-state index contributed by atoms with van der Waals surface area (Å²) in [6.07, 6.45) is 0. The van der Waals surface area contributed by atoms with Gasteiger partial charge < -0.3 is 17.8 Å². The monoisotopic (exact) mass is 352 g/mol. The van der Waals surface area contributed by atoms with E-state index in [1.807, 2.05) is 18.2 Å². The Kier molecular flexibility index (Phi) is 10.2. The van der Waals surface area contributed by atoms with Crippen molar-refractivity contribution in [1.82, 2.24) is 0 Å². The zero-order valence-electron chi connectivity index (χ0n) is 12.9. The first-order valence-corrected chi connectivity index (χ1v) is 11.6. The fourth-order valence-corrected chi connectivity index (χ4v) is 6.87. The molecule has 0 radical (unpaired) electrons. The summed E-state index contributed by atoms with van der Waals surface area (Å²) in [4.78, 5) is 0. The SMILES string of the molecule is CCO[Si](OCC)(OCC)S(=O)(O)=S.Cc1ccccc1. The zero-order valence-corrected chi connectivity index (χ0v) is 15.5. The molecule has 1 aromatic carbocycles. The second-order valence-corrected chi connectivity index (χ2v) is 12.1. The van der Waals surface area contributed by atoms with Crippen LogP contribution < -0.4 is 0 Å². The van der Waals surface area contributed by atoms with Crippen LogP contribution in [0.15, 0.2) is 30.3 Å². The Bertz CT molecular complexity index is 462. The minimum atomic E-state index is -3.61. The molecule has 0 saturated heterocycles. The van der Waals surface area contributed by atoms with Crippen molar-refractivity contribution in [2.75, 3.05) is 19.8 Å². The number of hydrogen-bond acceptors (Lipinski definition) is 5. The van der Waals surface area contributed by atoms with Crippen LogP contribution in [-0.2, 0) is 32.7 Å². The fraction of sp³-hybridized carbons (Fsp3) is 0.538. The van der Waals surface area contributed by atoms with Crippen LogP contribution in [0.4, 0.5) is 0 Å². The first kappa shape index (κ1) is 20.6. The Hall–Kier alpha value is -0.353. The topological polar surface area (TPSA) is 65.0 Å². The van der Waals surface area contributed by atoms with Crippen LogP contribution in [0.3, 0.4) is 0 Å². The second kappa shape index (κ2) is 10.4. The molecule has 0 aromatic heterocycles. The Morgan fingerprint density at radius 1 is 1.05 bits per heavy atom. The molecule has 0 bridgehead atoms. The maximum atomic E-state index is 11.4. The van der Waals surface area contributed by atoms with Gasteiger partial charge in [-0.2, -0.15) is 0 Å². The third kappa shape index (κ3) is 7.46. The Morgan fingerprint density at radius 2 is 1.43 bits per heavy atom. The lowest BCUT2D eigenvalue weighted by Gasteiger charge is -2.26. The summed E-state index contributed by atoms with van der Waals surface area (Å²) in [5.74, 6) is 0. The predicted molar refractivity (Wildman–Crippen MR) is 89.9 cm³/mol. The van der Waals surface area contributed by atoms with E-state index in [-0.39, 0.29) is 19.8 Å². The largest absolute Gasteiger partial charge is 0.634 e. The molecule has 122 valence electrons. The normalized spacial score (nSPS) is 14.0. The Balaban J connectivity index is 0.000000471. The van der Waals surface area contributed by atoms with Gasteiger partial charge in [0, 0.05) is 31.0 Å². The van der Waals surface area contributed by atoms with Crippen LogP contribution in [0.2, 0.25) is 0 Å². The van der Waals surface area contributed by atoms with Gasteiger partial charge in [0.2, 0.25) is 8.22 Å². The molecule has 0 amide bonds. The van der Waals surface area contributed by atoms with Gasteiger partial charge in [-0.1, -0.05) is 35.9 Å². The molecule has 0 aliphatic carbocycles. The molecule has 0 heterocycles.